The Morgan fingerprint density at radius 1 is 1.14 bits per heavy atom. The van der Waals surface area contributed by atoms with Crippen molar-refractivity contribution < 1.29 is 5.11 Å². The molecular weight excluding hydrogens is 260 g/mol. The van der Waals surface area contributed by atoms with Gasteiger partial charge in [0.25, 0.3) is 0 Å². The Balaban J connectivity index is 1.87. The van der Waals surface area contributed by atoms with E-state index in [2.05, 4.69) is 24.1 Å². The number of likely N-dealkylation sites (tertiary alicyclic amines) is 1. The quantitative estimate of drug-likeness (QED) is 0.757. The van der Waals surface area contributed by atoms with Gasteiger partial charge in [0.2, 0.25) is 0 Å². The lowest BCUT2D eigenvalue weighted by Crippen LogP contribution is -2.54. The van der Waals surface area contributed by atoms with Crippen LogP contribution in [0.15, 0.2) is 0 Å². The van der Waals surface area contributed by atoms with Gasteiger partial charge >= 0.3 is 0 Å². The predicted octanol–water partition coefficient (Wildman–Crippen LogP) is 3.17. The third-order valence-corrected chi connectivity index (χ3v) is 5.63. The minimum absolute atomic E-state index is 0.348. The van der Waals surface area contributed by atoms with E-state index in [1.807, 2.05) is 0 Å². The monoisotopic (exact) mass is 296 g/mol. The minimum Gasteiger partial charge on any atom is -0.396 e. The molecule has 3 heteroatoms. The summed E-state index contributed by atoms with van der Waals surface area (Å²) in [6, 6.07) is 2.12. The summed E-state index contributed by atoms with van der Waals surface area (Å²) in [5.41, 5.74) is 0. The molecule has 1 heterocycles. The molecule has 124 valence electrons. The van der Waals surface area contributed by atoms with E-state index in [9.17, 15) is 0 Å². The molecule has 3 nitrogen and oxygen atoms in total. The standard InChI is InChI=1S/C18H36N2O/c1-3-15(2)20-13-16(8-7-11-21)12-18(14-20)19-17-9-5-4-6-10-17/h15-19,21H,3-14H2,1-2H3. The number of aliphatic hydroxyl groups excluding tert-OH is 1. The molecule has 2 fully saturated rings. The van der Waals surface area contributed by atoms with Gasteiger partial charge in [-0.1, -0.05) is 26.2 Å². The Morgan fingerprint density at radius 2 is 1.90 bits per heavy atom. The van der Waals surface area contributed by atoms with Crippen LogP contribution in [-0.2, 0) is 0 Å². The third-order valence-electron chi connectivity index (χ3n) is 5.63. The van der Waals surface area contributed by atoms with E-state index >= 15 is 0 Å². The first-order valence-electron chi connectivity index (χ1n) is 9.33. The number of hydrogen-bond donors (Lipinski definition) is 2. The van der Waals surface area contributed by atoms with Crippen LogP contribution < -0.4 is 5.32 Å². The predicted molar refractivity (Wildman–Crippen MR) is 89.5 cm³/mol. The molecule has 2 aliphatic rings. The van der Waals surface area contributed by atoms with Crippen molar-refractivity contribution in [1.29, 1.82) is 0 Å². The van der Waals surface area contributed by atoms with E-state index in [1.54, 1.807) is 0 Å². The highest BCUT2D eigenvalue weighted by Crippen LogP contribution is 2.26. The summed E-state index contributed by atoms with van der Waals surface area (Å²) in [5, 5.41) is 13.1. The average Bonchev–Trinajstić information content (AvgIpc) is 2.53. The molecule has 1 saturated carbocycles. The Hall–Kier alpha value is -0.120. The fourth-order valence-electron chi connectivity index (χ4n) is 4.17. The van der Waals surface area contributed by atoms with Gasteiger partial charge in [-0.15, -0.1) is 0 Å². The number of rotatable bonds is 7. The van der Waals surface area contributed by atoms with Crippen molar-refractivity contribution in [3.63, 3.8) is 0 Å². The second-order valence-corrected chi connectivity index (χ2v) is 7.38. The van der Waals surface area contributed by atoms with Crippen LogP contribution in [0.2, 0.25) is 0 Å². The third kappa shape index (κ3) is 5.54. The molecule has 0 bridgehead atoms. The molecule has 0 aromatic carbocycles. The number of nitrogens with zero attached hydrogens (tertiary/aromatic N) is 1. The van der Waals surface area contributed by atoms with Crippen LogP contribution in [0, 0.1) is 5.92 Å². The zero-order chi connectivity index (χ0) is 15.1. The van der Waals surface area contributed by atoms with E-state index in [-0.39, 0.29) is 0 Å². The van der Waals surface area contributed by atoms with Crippen LogP contribution in [-0.4, -0.2) is 47.8 Å². The number of nitrogens with one attached hydrogen (secondary N) is 1. The van der Waals surface area contributed by atoms with Gasteiger partial charge in [-0.3, -0.25) is 4.90 Å². The van der Waals surface area contributed by atoms with Gasteiger partial charge in [0.15, 0.2) is 0 Å². The van der Waals surface area contributed by atoms with E-state index in [4.69, 9.17) is 5.11 Å². The molecule has 1 aliphatic carbocycles. The summed E-state index contributed by atoms with van der Waals surface area (Å²) in [5.74, 6) is 0.765. The smallest absolute Gasteiger partial charge is 0.0431 e. The van der Waals surface area contributed by atoms with Crippen LogP contribution >= 0.6 is 0 Å². The van der Waals surface area contributed by atoms with Gasteiger partial charge in [0, 0.05) is 37.8 Å². The lowest BCUT2D eigenvalue weighted by atomic mass is 9.87. The van der Waals surface area contributed by atoms with Gasteiger partial charge in [-0.2, -0.15) is 0 Å². The van der Waals surface area contributed by atoms with Crippen molar-refractivity contribution in [2.45, 2.75) is 89.8 Å². The normalized spacial score (nSPS) is 30.4. The van der Waals surface area contributed by atoms with E-state index in [0.717, 1.165) is 18.4 Å². The molecule has 3 atom stereocenters. The van der Waals surface area contributed by atoms with Crippen LogP contribution in [0.4, 0.5) is 0 Å². The molecule has 21 heavy (non-hydrogen) atoms. The van der Waals surface area contributed by atoms with Gasteiger partial charge in [0.05, 0.1) is 0 Å². The van der Waals surface area contributed by atoms with Gasteiger partial charge in [-0.05, 0) is 51.4 Å². The van der Waals surface area contributed by atoms with Crippen LogP contribution in [0.25, 0.3) is 0 Å². The summed E-state index contributed by atoms with van der Waals surface area (Å²) < 4.78 is 0. The second kappa shape index (κ2) is 9.12. The molecular formula is C18H36N2O. The molecule has 0 spiro atoms. The van der Waals surface area contributed by atoms with Crippen molar-refractivity contribution in [2.75, 3.05) is 19.7 Å². The maximum absolute atomic E-state index is 9.12. The van der Waals surface area contributed by atoms with Crippen LogP contribution in [0.1, 0.15) is 71.6 Å². The first-order valence-corrected chi connectivity index (χ1v) is 9.33. The zero-order valence-corrected chi connectivity index (χ0v) is 14.2. The SMILES string of the molecule is CCC(C)N1CC(CCCO)CC(NC2CCCCC2)C1. The second-order valence-electron chi connectivity index (χ2n) is 7.38. The molecule has 2 N–H and O–H groups in total. The summed E-state index contributed by atoms with van der Waals surface area (Å²) in [6.07, 6.45) is 11.7. The summed E-state index contributed by atoms with van der Waals surface area (Å²) in [7, 11) is 0. The first-order chi connectivity index (χ1) is 10.2. The molecule has 3 unspecified atom stereocenters. The molecule has 2 rings (SSSR count). The molecule has 1 aliphatic heterocycles. The van der Waals surface area contributed by atoms with Crippen molar-refractivity contribution >= 4 is 0 Å². The number of piperidine rings is 1. The van der Waals surface area contributed by atoms with Crippen molar-refractivity contribution in [3.05, 3.63) is 0 Å². The van der Waals surface area contributed by atoms with Gasteiger partial charge in [0.1, 0.15) is 0 Å². The molecule has 1 saturated heterocycles. The summed E-state index contributed by atoms with van der Waals surface area (Å²) >= 11 is 0. The molecule has 0 aromatic rings. The first kappa shape index (κ1) is 17.2. The number of aliphatic hydroxyl groups is 1. The molecule has 0 amide bonds. The lowest BCUT2D eigenvalue weighted by Gasteiger charge is -2.42. The highest BCUT2D eigenvalue weighted by atomic mass is 16.2. The largest absolute Gasteiger partial charge is 0.396 e. The van der Waals surface area contributed by atoms with Crippen LogP contribution in [0.5, 0.6) is 0 Å². The van der Waals surface area contributed by atoms with E-state index in [1.165, 1.54) is 64.5 Å². The van der Waals surface area contributed by atoms with Crippen molar-refractivity contribution in [3.8, 4) is 0 Å². The highest BCUT2D eigenvalue weighted by molar-refractivity contribution is 4.88. The fourth-order valence-corrected chi connectivity index (χ4v) is 4.17. The van der Waals surface area contributed by atoms with E-state index in [0.29, 0.717) is 18.7 Å². The fraction of sp³-hybridized carbons (Fsp3) is 1.00. The summed E-state index contributed by atoms with van der Waals surface area (Å²) in [4.78, 5) is 2.69. The zero-order valence-electron chi connectivity index (χ0n) is 14.2. The van der Waals surface area contributed by atoms with Crippen molar-refractivity contribution in [2.24, 2.45) is 5.92 Å². The Morgan fingerprint density at radius 3 is 2.57 bits per heavy atom. The van der Waals surface area contributed by atoms with E-state index < -0.39 is 0 Å². The topological polar surface area (TPSA) is 35.5 Å². The molecule has 0 aromatic heterocycles. The summed E-state index contributed by atoms with van der Waals surface area (Å²) in [6.45, 7) is 7.47. The highest BCUT2D eigenvalue weighted by Gasteiger charge is 2.30. The van der Waals surface area contributed by atoms with Crippen LogP contribution in [0.3, 0.4) is 0 Å². The molecule has 0 radical (unpaired) electrons. The van der Waals surface area contributed by atoms with Crippen molar-refractivity contribution in [1.82, 2.24) is 10.2 Å². The Kier molecular flexibility index (Phi) is 7.48. The Labute approximate surface area is 131 Å². The maximum atomic E-state index is 9.12. The minimum atomic E-state index is 0.348. The number of hydrogen-bond acceptors (Lipinski definition) is 3. The maximum Gasteiger partial charge on any atom is 0.0431 e. The van der Waals surface area contributed by atoms with Gasteiger partial charge < -0.3 is 10.4 Å². The lowest BCUT2D eigenvalue weighted by molar-refractivity contribution is 0.0881. The Bertz CT molecular complexity index is 276. The average molecular weight is 296 g/mol. The van der Waals surface area contributed by atoms with Gasteiger partial charge in [-0.25, -0.2) is 0 Å².